The van der Waals surface area contributed by atoms with E-state index >= 15 is 0 Å². The van der Waals surface area contributed by atoms with E-state index in [2.05, 4.69) is 31.2 Å². The van der Waals surface area contributed by atoms with E-state index in [1.807, 2.05) is 17.8 Å². The molecule has 1 unspecified atom stereocenters. The molecular weight excluding hydrogens is 190 g/mol. The third kappa shape index (κ3) is 3.55. The van der Waals surface area contributed by atoms with E-state index in [1.165, 1.54) is 0 Å². The standard InChI is InChI=1S/C11H21N3O/c1-9(8-11(2,3)15-5)13-10-6-7-12-14(10)4/h6-7,9,13H,8H2,1-5H3. The number of hydrogen-bond acceptors (Lipinski definition) is 3. The van der Waals surface area contributed by atoms with Gasteiger partial charge < -0.3 is 10.1 Å². The minimum absolute atomic E-state index is 0.0923. The molecular formula is C11H21N3O. The van der Waals surface area contributed by atoms with Crippen molar-refractivity contribution < 1.29 is 4.74 Å². The molecule has 4 nitrogen and oxygen atoms in total. The van der Waals surface area contributed by atoms with Gasteiger partial charge in [0, 0.05) is 26.3 Å². The van der Waals surface area contributed by atoms with E-state index in [4.69, 9.17) is 4.74 Å². The molecule has 86 valence electrons. The summed E-state index contributed by atoms with van der Waals surface area (Å²) >= 11 is 0. The van der Waals surface area contributed by atoms with Crippen molar-refractivity contribution in [1.29, 1.82) is 0 Å². The molecule has 1 heterocycles. The highest BCUT2D eigenvalue weighted by Gasteiger charge is 2.20. The zero-order valence-corrected chi connectivity index (χ0v) is 10.2. The lowest BCUT2D eigenvalue weighted by molar-refractivity contribution is 0.0127. The van der Waals surface area contributed by atoms with Gasteiger partial charge in [-0.05, 0) is 27.2 Å². The highest BCUT2D eigenvalue weighted by Crippen LogP contribution is 2.18. The largest absolute Gasteiger partial charge is 0.379 e. The van der Waals surface area contributed by atoms with Crippen molar-refractivity contribution in [2.24, 2.45) is 7.05 Å². The summed E-state index contributed by atoms with van der Waals surface area (Å²) < 4.78 is 7.22. The maximum atomic E-state index is 5.40. The molecule has 1 N–H and O–H groups in total. The fourth-order valence-corrected chi connectivity index (χ4v) is 1.64. The van der Waals surface area contributed by atoms with Crippen LogP contribution in [0.3, 0.4) is 0 Å². The fraction of sp³-hybridized carbons (Fsp3) is 0.727. The lowest BCUT2D eigenvalue weighted by Gasteiger charge is -2.27. The molecule has 0 aliphatic carbocycles. The molecule has 0 bridgehead atoms. The van der Waals surface area contributed by atoms with Gasteiger partial charge >= 0.3 is 0 Å². The summed E-state index contributed by atoms with van der Waals surface area (Å²) in [5.74, 6) is 1.04. The Bertz CT molecular complexity index is 307. The second kappa shape index (κ2) is 4.66. The van der Waals surface area contributed by atoms with Gasteiger partial charge in [-0.3, -0.25) is 4.68 Å². The van der Waals surface area contributed by atoms with Crippen molar-refractivity contribution in [3.05, 3.63) is 12.3 Å². The number of nitrogens with one attached hydrogen (secondary N) is 1. The van der Waals surface area contributed by atoms with E-state index in [-0.39, 0.29) is 5.60 Å². The lowest BCUT2D eigenvalue weighted by atomic mass is 10.00. The van der Waals surface area contributed by atoms with Crippen molar-refractivity contribution in [1.82, 2.24) is 9.78 Å². The molecule has 1 atom stereocenters. The van der Waals surface area contributed by atoms with Crippen LogP contribution in [-0.4, -0.2) is 28.5 Å². The van der Waals surface area contributed by atoms with Gasteiger partial charge in [-0.25, -0.2) is 0 Å². The molecule has 15 heavy (non-hydrogen) atoms. The minimum Gasteiger partial charge on any atom is -0.379 e. The third-order valence-electron chi connectivity index (χ3n) is 2.57. The van der Waals surface area contributed by atoms with Crippen LogP contribution in [0.5, 0.6) is 0 Å². The Morgan fingerprint density at radius 2 is 2.27 bits per heavy atom. The monoisotopic (exact) mass is 211 g/mol. The zero-order valence-electron chi connectivity index (χ0n) is 10.2. The summed E-state index contributed by atoms with van der Waals surface area (Å²) in [5.41, 5.74) is -0.0923. The van der Waals surface area contributed by atoms with E-state index < -0.39 is 0 Å². The molecule has 0 amide bonds. The van der Waals surface area contributed by atoms with Crippen LogP contribution in [0.2, 0.25) is 0 Å². The SMILES string of the molecule is COC(C)(C)CC(C)Nc1ccnn1C. The first-order valence-electron chi connectivity index (χ1n) is 5.24. The Labute approximate surface area is 91.6 Å². The van der Waals surface area contributed by atoms with Crippen LogP contribution >= 0.6 is 0 Å². The number of ether oxygens (including phenoxy) is 1. The van der Waals surface area contributed by atoms with Crippen molar-refractivity contribution in [3.8, 4) is 0 Å². The maximum absolute atomic E-state index is 5.40. The van der Waals surface area contributed by atoms with Crippen LogP contribution in [0.1, 0.15) is 27.2 Å². The maximum Gasteiger partial charge on any atom is 0.124 e. The van der Waals surface area contributed by atoms with E-state index in [0.29, 0.717) is 6.04 Å². The molecule has 1 aromatic rings. The number of methoxy groups -OCH3 is 1. The Balaban J connectivity index is 2.50. The number of rotatable bonds is 5. The molecule has 0 fully saturated rings. The molecule has 0 radical (unpaired) electrons. The van der Waals surface area contributed by atoms with Crippen molar-refractivity contribution in [2.45, 2.75) is 38.8 Å². The summed E-state index contributed by atoms with van der Waals surface area (Å²) in [4.78, 5) is 0. The normalized spacial score (nSPS) is 13.9. The van der Waals surface area contributed by atoms with Crippen molar-refractivity contribution in [2.75, 3.05) is 12.4 Å². The first kappa shape index (κ1) is 12.0. The summed E-state index contributed by atoms with van der Waals surface area (Å²) in [5, 5.41) is 7.51. The molecule has 0 aliphatic rings. The fourth-order valence-electron chi connectivity index (χ4n) is 1.64. The summed E-state index contributed by atoms with van der Waals surface area (Å²) in [6, 6.07) is 2.33. The minimum atomic E-state index is -0.0923. The first-order valence-corrected chi connectivity index (χ1v) is 5.24. The Morgan fingerprint density at radius 1 is 1.60 bits per heavy atom. The van der Waals surface area contributed by atoms with Gasteiger partial charge in [0.05, 0.1) is 11.8 Å². The van der Waals surface area contributed by atoms with Crippen molar-refractivity contribution in [3.63, 3.8) is 0 Å². The highest BCUT2D eigenvalue weighted by molar-refractivity contribution is 5.34. The number of nitrogens with zero attached hydrogens (tertiary/aromatic N) is 2. The quantitative estimate of drug-likeness (QED) is 0.810. The Morgan fingerprint density at radius 3 is 2.73 bits per heavy atom. The second-order valence-corrected chi connectivity index (χ2v) is 4.55. The summed E-state index contributed by atoms with van der Waals surface area (Å²) in [6.45, 7) is 6.33. The summed E-state index contributed by atoms with van der Waals surface area (Å²) in [6.07, 6.45) is 2.74. The summed E-state index contributed by atoms with van der Waals surface area (Å²) in [7, 11) is 3.67. The van der Waals surface area contributed by atoms with Crippen LogP contribution in [-0.2, 0) is 11.8 Å². The van der Waals surface area contributed by atoms with Gasteiger partial charge in [0.1, 0.15) is 5.82 Å². The van der Waals surface area contributed by atoms with Crippen LogP contribution in [0, 0.1) is 0 Å². The van der Waals surface area contributed by atoms with Gasteiger partial charge in [-0.15, -0.1) is 0 Å². The number of anilines is 1. The predicted octanol–water partition coefficient (Wildman–Crippen LogP) is 2.04. The first-order chi connectivity index (χ1) is 6.94. The number of aromatic nitrogens is 2. The number of hydrogen-bond donors (Lipinski definition) is 1. The predicted molar refractivity (Wildman–Crippen MR) is 62.0 cm³/mol. The molecule has 0 saturated heterocycles. The van der Waals surface area contributed by atoms with Gasteiger partial charge in [0.15, 0.2) is 0 Å². The smallest absolute Gasteiger partial charge is 0.124 e. The zero-order chi connectivity index (χ0) is 11.5. The van der Waals surface area contributed by atoms with Gasteiger partial charge in [-0.1, -0.05) is 0 Å². The van der Waals surface area contributed by atoms with E-state index in [1.54, 1.807) is 13.3 Å². The Hall–Kier alpha value is -1.03. The average Bonchev–Trinajstić information content (AvgIpc) is 2.51. The Kier molecular flexibility index (Phi) is 3.74. The average molecular weight is 211 g/mol. The van der Waals surface area contributed by atoms with Crippen LogP contribution in [0.15, 0.2) is 12.3 Å². The molecule has 0 aliphatic heterocycles. The van der Waals surface area contributed by atoms with Crippen LogP contribution in [0.25, 0.3) is 0 Å². The molecule has 1 rings (SSSR count). The van der Waals surface area contributed by atoms with E-state index in [0.717, 1.165) is 12.2 Å². The molecule has 1 aromatic heterocycles. The third-order valence-corrected chi connectivity index (χ3v) is 2.57. The second-order valence-electron chi connectivity index (χ2n) is 4.55. The number of aryl methyl sites for hydroxylation is 1. The molecule has 0 aromatic carbocycles. The van der Waals surface area contributed by atoms with E-state index in [9.17, 15) is 0 Å². The molecule has 0 saturated carbocycles. The molecule has 0 spiro atoms. The topological polar surface area (TPSA) is 39.1 Å². The highest BCUT2D eigenvalue weighted by atomic mass is 16.5. The van der Waals surface area contributed by atoms with Gasteiger partial charge in [0.2, 0.25) is 0 Å². The molecule has 4 heteroatoms. The lowest BCUT2D eigenvalue weighted by Crippen LogP contribution is -2.31. The van der Waals surface area contributed by atoms with Crippen molar-refractivity contribution >= 4 is 5.82 Å². The van der Waals surface area contributed by atoms with Crippen LogP contribution < -0.4 is 5.32 Å². The van der Waals surface area contributed by atoms with Crippen LogP contribution in [0.4, 0.5) is 5.82 Å². The van der Waals surface area contributed by atoms with Gasteiger partial charge in [-0.2, -0.15) is 5.10 Å². The van der Waals surface area contributed by atoms with Gasteiger partial charge in [0.25, 0.3) is 0 Å².